The molecule has 7 nitrogen and oxygen atoms in total. The van der Waals surface area contributed by atoms with Crippen molar-refractivity contribution in [3.05, 3.63) is 47.5 Å². The van der Waals surface area contributed by atoms with Gasteiger partial charge >= 0.3 is 5.97 Å². The van der Waals surface area contributed by atoms with Gasteiger partial charge in [0, 0.05) is 23.7 Å². The Balaban J connectivity index is 1.63. The zero-order valence-electron chi connectivity index (χ0n) is 15.6. The third-order valence-electron chi connectivity index (χ3n) is 5.91. The molecule has 148 valence electrons. The molecule has 1 aromatic carbocycles. The average molecular weight is 410 g/mol. The van der Waals surface area contributed by atoms with E-state index in [-0.39, 0.29) is 11.8 Å². The summed E-state index contributed by atoms with van der Waals surface area (Å²) >= 11 is 6.33. The van der Waals surface area contributed by atoms with E-state index in [0.717, 1.165) is 46.5 Å². The van der Waals surface area contributed by atoms with Gasteiger partial charge in [0.25, 0.3) is 0 Å². The van der Waals surface area contributed by atoms with E-state index in [1.54, 1.807) is 6.20 Å². The Bertz CT molecular complexity index is 1240. The second kappa shape index (κ2) is 6.77. The molecule has 0 amide bonds. The summed E-state index contributed by atoms with van der Waals surface area (Å²) in [6.07, 6.45) is 6.44. The number of aromatic amines is 1. The van der Waals surface area contributed by atoms with E-state index in [1.807, 2.05) is 34.9 Å². The number of imidazole rings is 1. The summed E-state index contributed by atoms with van der Waals surface area (Å²) in [6, 6.07) is 7.77. The predicted octanol–water partition coefficient (Wildman–Crippen LogP) is 4.47. The minimum absolute atomic E-state index is 0.182. The lowest BCUT2D eigenvalue weighted by Gasteiger charge is -2.25. The number of nitrogens with zero attached hydrogens (tertiary/aromatic N) is 3. The smallest absolute Gasteiger partial charge is 0.306 e. The zero-order valence-corrected chi connectivity index (χ0v) is 16.4. The molecule has 4 N–H and O–H groups in total. The van der Waals surface area contributed by atoms with E-state index >= 15 is 0 Å². The van der Waals surface area contributed by atoms with Crippen molar-refractivity contribution in [3.8, 4) is 11.4 Å². The van der Waals surface area contributed by atoms with Gasteiger partial charge in [0.2, 0.25) is 0 Å². The van der Waals surface area contributed by atoms with Crippen LogP contribution in [0.15, 0.2) is 36.7 Å². The quantitative estimate of drug-likeness (QED) is 0.462. The zero-order chi connectivity index (χ0) is 20.1. The highest BCUT2D eigenvalue weighted by Gasteiger charge is 2.30. The van der Waals surface area contributed by atoms with E-state index in [2.05, 4.69) is 9.97 Å². The number of halogens is 1. The second-order valence-electron chi connectivity index (χ2n) is 7.62. The Morgan fingerprint density at radius 1 is 1.28 bits per heavy atom. The molecule has 1 aliphatic rings. The maximum Gasteiger partial charge on any atom is 0.306 e. The Morgan fingerprint density at radius 2 is 2.07 bits per heavy atom. The van der Waals surface area contributed by atoms with Crippen LogP contribution in [0, 0.1) is 5.92 Å². The average Bonchev–Trinajstić information content (AvgIpc) is 3.31. The fraction of sp³-hybridized carbons (Fsp3) is 0.286. The first-order valence-electron chi connectivity index (χ1n) is 9.65. The summed E-state index contributed by atoms with van der Waals surface area (Å²) in [6.45, 7) is 0. The molecule has 0 unspecified atom stereocenters. The highest BCUT2D eigenvalue weighted by atomic mass is 35.5. The number of nitrogens with one attached hydrogen (secondary N) is 1. The van der Waals surface area contributed by atoms with Crippen LogP contribution in [0.5, 0.6) is 0 Å². The maximum atomic E-state index is 11.3. The lowest BCUT2D eigenvalue weighted by Crippen LogP contribution is -2.21. The fourth-order valence-corrected chi connectivity index (χ4v) is 4.64. The normalized spacial score (nSPS) is 19.8. The monoisotopic (exact) mass is 409 g/mol. The highest BCUT2D eigenvalue weighted by Crippen LogP contribution is 2.39. The van der Waals surface area contributed by atoms with Crippen molar-refractivity contribution in [3.63, 3.8) is 0 Å². The molecule has 3 heterocycles. The van der Waals surface area contributed by atoms with Crippen molar-refractivity contribution in [2.75, 3.05) is 5.73 Å². The van der Waals surface area contributed by atoms with Gasteiger partial charge in [0.05, 0.1) is 22.2 Å². The molecule has 0 saturated heterocycles. The van der Waals surface area contributed by atoms with Gasteiger partial charge in [-0.1, -0.05) is 23.7 Å². The molecular formula is C21H20ClN5O2. The van der Waals surface area contributed by atoms with Crippen molar-refractivity contribution in [2.45, 2.75) is 31.6 Å². The van der Waals surface area contributed by atoms with Crippen LogP contribution in [0.4, 0.5) is 5.82 Å². The van der Waals surface area contributed by atoms with Crippen LogP contribution in [0.1, 0.15) is 37.4 Å². The number of H-pyrrole nitrogens is 1. The minimum atomic E-state index is -0.708. The molecule has 4 aromatic rings. The maximum absolute atomic E-state index is 11.3. The SMILES string of the molecule is Nc1nccn2c(C3CCC(C(=O)O)CC3)nc(-c3cc4cccc(Cl)c4[nH]3)c12. The number of carbonyl (C=O) groups is 1. The van der Waals surface area contributed by atoms with Crippen molar-refractivity contribution in [1.82, 2.24) is 19.4 Å². The number of hydrogen-bond donors (Lipinski definition) is 3. The number of para-hydroxylation sites is 1. The third-order valence-corrected chi connectivity index (χ3v) is 6.23. The van der Waals surface area contributed by atoms with Crippen molar-refractivity contribution in [2.24, 2.45) is 5.92 Å². The molecule has 29 heavy (non-hydrogen) atoms. The summed E-state index contributed by atoms with van der Waals surface area (Å²) < 4.78 is 2.00. The summed E-state index contributed by atoms with van der Waals surface area (Å²) in [4.78, 5) is 23.9. The van der Waals surface area contributed by atoms with Crippen molar-refractivity contribution in [1.29, 1.82) is 0 Å². The van der Waals surface area contributed by atoms with E-state index in [4.69, 9.17) is 22.3 Å². The van der Waals surface area contributed by atoms with Crippen LogP contribution in [-0.2, 0) is 4.79 Å². The molecule has 0 bridgehead atoms. The Labute approximate surface area is 171 Å². The summed E-state index contributed by atoms with van der Waals surface area (Å²) in [7, 11) is 0. The molecule has 0 radical (unpaired) electrons. The van der Waals surface area contributed by atoms with Crippen LogP contribution in [0.25, 0.3) is 27.8 Å². The van der Waals surface area contributed by atoms with Crippen LogP contribution in [0.2, 0.25) is 5.02 Å². The lowest BCUT2D eigenvalue weighted by atomic mass is 9.81. The molecule has 8 heteroatoms. The predicted molar refractivity (Wildman–Crippen MR) is 112 cm³/mol. The molecule has 5 rings (SSSR count). The lowest BCUT2D eigenvalue weighted by molar-refractivity contribution is -0.142. The van der Waals surface area contributed by atoms with Gasteiger partial charge in [-0.2, -0.15) is 0 Å². The highest BCUT2D eigenvalue weighted by molar-refractivity contribution is 6.35. The molecule has 3 aromatic heterocycles. The third kappa shape index (κ3) is 2.93. The number of aromatic nitrogens is 4. The molecule has 1 aliphatic carbocycles. The van der Waals surface area contributed by atoms with Gasteiger partial charge in [-0.25, -0.2) is 9.97 Å². The van der Waals surface area contributed by atoms with E-state index in [0.29, 0.717) is 23.7 Å². The number of anilines is 1. The number of nitrogen functional groups attached to an aromatic ring is 1. The minimum Gasteiger partial charge on any atom is -0.481 e. The van der Waals surface area contributed by atoms with Gasteiger partial charge in [0.15, 0.2) is 0 Å². The number of hydrogen-bond acceptors (Lipinski definition) is 4. The van der Waals surface area contributed by atoms with Crippen LogP contribution < -0.4 is 5.73 Å². The number of aliphatic carboxylic acids is 1. The molecule has 0 aliphatic heterocycles. The van der Waals surface area contributed by atoms with E-state index in [9.17, 15) is 9.90 Å². The first-order valence-corrected chi connectivity index (χ1v) is 10.0. The van der Waals surface area contributed by atoms with Crippen LogP contribution in [0.3, 0.4) is 0 Å². The topological polar surface area (TPSA) is 109 Å². The van der Waals surface area contributed by atoms with Crippen molar-refractivity contribution >= 4 is 39.8 Å². The van der Waals surface area contributed by atoms with Gasteiger partial charge in [0.1, 0.15) is 22.9 Å². The Hall–Kier alpha value is -3.06. The molecule has 0 atom stereocenters. The Kier molecular flexibility index (Phi) is 4.20. The van der Waals surface area contributed by atoms with Gasteiger partial charge in [-0.05, 0) is 37.8 Å². The van der Waals surface area contributed by atoms with Gasteiger partial charge in [-0.15, -0.1) is 0 Å². The Morgan fingerprint density at radius 3 is 2.79 bits per heavy atom. The number of nitrogens with two attached hydrogens (primary N) is 1. The van der Waals surface area contributed by atoms with Gasteiger partial charge < -0.3 is 15.8 Å². The molecule has 1 fully saturated rings. The second-order valence-corrected chi connectivity index (χ2v) is 8.03. The molecular weight excluding hydrogens is 390 g/mol. The van der Waals surface area contributed by atoms with Gasteiger partial charge in [-0.3, -0.25) is 9.20 Å². The number of fused-ring (bicyclic) bond motifs is 2. The van der Waals surface area contributed by atoms with Crippen molar-refractivity contribution < 1.29 is 9.90 Å². The molecule has 1 saturated carbocycles. The van der Waals surface area contributed by atoms with Crippen LogP contribution >= 0.6 is 11.6 Å². The van der Waals surface area contributed by atoms with E-state index in [1.165, 1.54) is 0 Å². The summed E-state index contributed by atoms with van der Waals surface area (Å²) in [5.74, 6) is 0.518. The molecule has 0 spiro atoms. The van der Waals surface area contributed by atoms with E-state index < -0.39 is 5.97 Å². The largest absolute Gasteiger partial charge is 0.481 e. The number of benzene rings is 1. The number of carboxylic acids is 1. The number of carboxylic acid groups (broad SMARTS) is 1. The van der Waals surface area contributed by atoms with Crippen LogP contribution in [-0.4, -0.2) is 30.4 Å². The summed E-state index contributed by atoms with van der Waals surface area (Å²) in [5.41, 5.74) is 9.41. The first-order chi connectivity index (χ1) is 14.0. The first kappa shape index (κ1) is 18.0. The standard InChI is InChI=1S/C21H20ClN5O2/c22-14-3-1-2-13-10-15(25-16(13)14)17-18-19(23)24-8-9-27(18)20(26-17)11-4-6-12(7-5-11)21(28)29/h1-3,8-12,25H,4-7H2,(H2,23,24)(H,28,29). The fourth-order valence-electron chi connectivity index (χ4n) is 4.41. The number of rotatable bonds is 3. The summed E-state index contributed by atoms with van der Waals surface area (Å²) in [5, 5.41) is 10.9.